The third-order valence-electron chi connectivity index (χ3n) is 3.08. The number of pyridine rings is 2. The second kappa shape index (κ2) is 5.51. The number of Topliss-reactive ketones (excluding diaryl/α,β-unsaturated/α-hetero) is 1. The first-order valence-corrected chi connectivity index (χ1v) is 7.01. The number of halogens is 1. The highest BCUT2D eigenvalue weighted by molar-refractivity contribution is 9.10. The number of ketones is 1. The molecule has 0 bridgehead atoms. The fourth-order valence-corrected chi connectivity index (χ4v) is 2.34. The molecule has 3 aromatic rings. The van der Waals surface area contributed by atoms with E-state index in [9.17, 15) is 4.79 Å². The maximum atomic E-state index is 12.4. The summed E-state index contributed by atoms with van der Waals surface area (Å²) in [5.41, 5.74) is 2.29. The van der Waals surface area contributed by atoms with Crippen molar-refractivity contribution in [1.29, 1.82) is 0 Å². The summed E-state index contributed by atoms with van der Waals surface area (Å²) in [6, 6.07) is 13.2. The zero-order valence-electron chi connectivity index (χ0n) is 10.6. The van der Waals surface area contributed by atoms with Gasteiger partial charge in [0.2, 0.25) is 0 Å². The average molecular weight is 327 g/mol. The molecule has 0 aliphatic rings. The number of carbonyl (C=O) groups is 1. The number of nitrogens with zero attached hydrogens (tertiary/aromatic N) is 2. The third-order valence-corrected chi connectivity index (χ3v) is 3.55. The SMILES string of the molecule is O=C(Cc1ccc(Br)cn1)c1ccnc2ccccc12. The Labute approximate surface area is 124 Å². The summed E-state index contributed by atoms with van der Waals surface area (Å²) < 4.78 is 0.906. The van der Waals surface area contributed by atoms with Gasteiger partial charge < -0.3 is 0 Å². The first-order chi connectivity index (χ1) is 9.74. The molecule has 0 saturated heterocycles. The lowest BCUT2D eigenvalue weighted by atomic mass is 10.0. The van der Waals surface area contributed by atoms with Gasteiger partial charge in [-0.2, -0.15) is 0 Å². The fourth-order valence-electron chi connectivity index (χ4n) is 2.11. The molecule has 2 heterocycles. The van der Waals surface area contributed by atoms with Gasteiger partial charge in [-0.1, -0.05) is 18.2 Å². The molecule has 0 atom stereocenters. The number of rotatable bonds is 3. The number of carbonyl (C=O) groups excluding carboxylic acids is 1. The second-order valence-corrected chi connectivity index (χ2v) is 5.36. The molecule has 0 aliphatic carbocycles. The Morgan fingerprint density at radius 3 is 2.70 bits per heavy atom. The molecule has 0 fully saturated rings. The van der Waals surface area contributed by atoms with E-state index >= 15 is 0 Å². The zero-order chi connectivity index (χ0) is 13.9. The maximum Gasteiger partial charge on any atom is 0.169 e. The van der Waals surface area contributed by atoms with Crippen molar-refractivity contribution in [2.45, 2.75) is 6.42 Å². The normalized spacial score (nSPS) is 10.7. The summed E-state index contributed by atoms with van der Waals surface area (Å²) in [6.45, 7) is 0. The smallest absolute Gasteiger partial charge is 0.169 e. The molecule has 20 heavy (non-hydrogen) atoms. The van der Waals surface area contributed by atoms with Gasteiger partial charge >= 0.3 is 0 Å². The molecule has 98 valence electrons. The van der Waals surface area contributed by atoms with Crippen LogP contribution in [0.3, 0.4) is 0 Å². The zero-order valence-corrected chi connectivity index (χ0v) is 12.2. The summed E-state index contributed by atoms with van der Waals surface area (Å²) >= 11 is 3.33. The Bertz CT molecular complexity index is 764. The molecule has 4 heteroatoms. The molecule has 0 amide bonds. The van der Waals surface area contributed by atoms with Gasteiger partial charge in [0.1, 0.15) is 0 Å². The summed E-state index contributed by atoms with van der Waals surface area (Å²) in [4.78, 5) is 20.9. The van der Waals surface area contributed by atoms with Crippen LogP contribution in [0.5, 0.6) is 0 Å². The van der Waals surface area contributed by atoms with Crippen LogP contribution in [0.25, 0.3) is 10.9 Å². The van der Waals surface area contributed by atoms with E-state index in [4.69, 9.17) is 0 Å². The van der Waals surface area contributed by atoms with Gasteiger partial charge in [0.15, 0.2) is 5.78 Å². The minimum absolute atomic E-state index is 0.0541. The van der Waals surface area contributed by atoms with Crippen LogP contribution in [-0.2, 0) is 6.42 Å². The van der Waals surface area contributed by atoms with Crippen molar-refractivity contribution in [2.75, 3.05) is 0 Å². The van der Waals surface area contributed by atoms with E-state index in [-0.39, 0.29) is 5.78 Å². The highest BCUT2D eigenvalue weighted by Crippen LogP contribution is 2.18. The van der Waals surface area contributed by atoms with Crippen molar-refractivity contribution in [2.24, 2.45) is 0 Å². The van der Waals surface area contributed by atoms with Crippen molar-refractivity contribution in [3.63, 3.8) is 0 Å². The van der Waals surface area contributed by atoms with Crippen LogP contribution in [0.1, 0.15) is 16.1 Å². The molecule has 0 spiro atoms. The predicted molar refractivity (Wildman–Crippen MR) is 81.7 cm³/mol. The lowest BCUT2D eigenvalue weighted by Gasteiger charge is -2.05. The molecule has 3 rings (SSSR count). The average Bonchev–Trinajstić information content (AvgIpc) is 2.49. The minimum atomic E-state index is 0.0541. The summed E-state index contributed by atoms with van der Waals surface area (Å²) in [5, 5.41) is 0.886. The summed E-state index contributed by atoms with van der Waals surface area (Å²) in [7, 11) is 0. The quantitative estimate of drug-likeness (QED) is 0.687. The Morgan fingerprint density at radius 2 is 1.90 bits per heavy atom. The van der Waals surface area contributed by atoms with Gasteiger partial charge in [0.05, 0.1) is 11.9 Å². The van der Waals surface area contributed by atoms with Gasteiger partial charge in [0.25, 0.3) is 0 Å². The van der Waals surface area contributed by atoms with E-state index in [2.05, 4.69) is 25.9 Å². The van der Waals surface area contributed by atoms with E-state index in [1.807, 2.05) is 36.4 Å². The molecule has 0 radical (unpaired) electrons. The van der Waals surface area contributed by atoms with Gasteiger partial charge in [-0.3, -0.25) is 14.8 Å². The van der Waals surface area contributed by atoms with Gasteiger partial charge in [-0.25, -0.2) is 0 Å². The Morgan fingerprint density at radius 1 is 1.05 bits per heavy atom. The monoisotopic (exact) mass is 326 g/mol. The van der Waals surface area contributed by atoms with Crippen LogP contribution in [-0.4, -0.2) is 15.8 Å². The van der Waals surface area contributed by atoms with E-state index in [0.29, 0.717) is 12.0 Å². The van der Waals surface area contributed by atoms with Crippen molar-refractivity contribution in [1.82, 2.24) is 9.97 Å². The van der Waals surface area contributed by atoms with Crippen LogP contribution in [0, 0.1) is 0 Å². The number of hydrogen-bond donors (Lipinski definition) is 0. The largest absolute Gasteiger partial charge is 0.294 e. The maximum absolute atomic E-state index is 12.4. The standard InChI is InChI=1S/C16H11BrN2O/c17-11-5-6-12(19-10-11)9-16(20)14-7-8-18-15-4-2-1-3-13(14)15/h1-8,10H,9H2. The highest BCUT2D eigenvalue weighted by Gasteiger charge is 2.11. The summed E-state index contributed by atoms with van der Waals surface area (Å²) in [6.07, 6.45) is 3.67. The topological polar surface area (TPSA) is 42.9 Å². The van der Waals surface area contributed by atoms with Crippen LogP contribution in [0.2, 0.25) is 0 Å². The minimum Gasteiger partial charge on any atom is -0.294 e. The molecule has 1 aromatic carbocycles. The highest BCUT2D eigenvalue weighted by atomic mass is 79.9. The van der Waals surface area contributed by atoms with Crippen molar-refractivity contribution in [3.05, 3.63) is 70.6 Å². The molecule has 2 aromatic heterocycles. The Balaban J connectivity index is 1.94. The Hall–Kier alpha value is -2.07. The van der Waals surface area contributed by atoms with Crippen molar-refractivity contribution in [3.8, 4) is 0 Å². The van der Waals surface area contributed by atoms with Crippen LogP contribution in [0.15, 0.2) is 59.3 Å². The lowest BCUT2D eigenvalue weighted by Crippen LogP contribution is -2.06. The number of fused-ring (bicyclic) bond motifs is 1. The number of benzene rings is 1. The van der Waals surface area contributed by atoms with E-state index < -0.39 is 0 Å². The second-order valence-electron chi connectivity index (χ2n) is 4.44. The van der Waals surface area contributed by atoms with Gasteiger partial charge in [-0.05, 0) is 40.2 Å². The van der Waals surface area contributed by atoms with Gasteiger partial charge in [0, 0.05) is 33.5 Å². The first kappa shape index (κ1) is 12.9. The van der Waals surface area contributed by atoms with E-state index in [0.717, 1.165) is 21.1 Å². The molecular formula is C16H11BrN2O. The van der Waals surface area contributed by atoms with Crippen LogP contribution >= 0.6 is 15.9 Å². The first-order valence-electron chi connectivity index (χ1n) is 6.21. The molecule has 0 N–H and O–H groups in total. The molecule has 0 aliphatic heterocycles. The molecule has 0 unspecified atom stereocenters. The Kier molecular flexibility index (Phi) is 3.56. The molecular weight excluding hydrogens is 316 g/mol. The lowest BCUT2D eigenvalue weighted by molar-refractivity contribution is 0.0993. The molecule has 3 nitrogen and oxygen atoms in total. The number of para-hydroxylation sites is 1. The number of aromatic nitrogens is 2. The van der Waals surface area contributed by atoms with Crippen molar-refractivity contribution >= 4 is 32.6 Å². The van der Waals surface area contributed by atoms with E-state index in [1.165, 1.54) is 0 Å². The van der Waals surface area contributed by atoms with Crippen LogP contribution < -0.4 is 0 Å². The number of hydrogen-bond acceptors (Lipinski definition) is 3. The van der Waals surface area contributed by atoms with Crippen LogP contribution in [0.4, 0.5) is 0 Å². The fraction of sp³-hybridized carbons (Fsp3) is 0.0625. The van der Waals surface area contributed by atoms with E-state index in [1.54, 1.807) is 18.5 Å². The summed E-state index contributed by atoms with van der Waals surface area (Å²) in [5.74, 6) is 0.0541. The van der Waals surface area contributed by atoms with Gasteiger partial charge in [-0.15, -0.1) is 0 Å². The van der Waals surface area contributed by atoms with Crippen molar-refractivity contribution < 1.29 is 4.79 Å². The third kappa shape index (κ3) is 2.60. The molecule has 0 saturated carbocycles. The predicted octanol–water partition coefficient (Wildman–Crippen LogP) is 3.82.